The molecule has 2 rings (SSSR count). The molecule has 0 unspecified atom stereocenters. The first-order chi connectivity index (χ1) is 10.1. The van der Waals surface area contributed by atoms with Gasteiger partial charge in [-0.2, -0.15) is 0 Å². The third-order valence-electron chi connectivity index (χ3n) is 3.84. The van der Waals surface area contributed by atoms with Crippen LogP contribution in [0.5, 0.6) is 0 Å². The highest BCUT2D eigenvalue weighted by molar-refractivity contribution is 5.94. The molecule has 0 spiro atoms. The number of aliphatic hydroxyl groups excluding tert-OH is 1. The van der Waals surface area contributed by atoms with E-state index in [-0.39, 0.29) is 36.8 Å². The predicted molar refractivity (Wildman–Crippen MR) is 76.7 cm³/mol. The van der Waals surface area contributed by atoms with Crippen LogP contribution in [0.1, 0.15) is 36.2 Å². The minimum absolute atomic E-state index is 0.0292. The zero-order valence-corrected chi connectivity index (χ0v) is 12.3. The Labute approximate surface area is 124 Å². The minimum atomic E-state index is -0.302. The summed E-state index contributed by atoms with van der Waals surface area (Å²) >= 11 is 0. The third kappa shape index (κ3) is 3.85. The minimum Gasteiger partial charge on any atom is -0.459 e. The molecule has 1 aliphatic rings. The van der Waals surface area contributed by atoms with E-state index < -0.39 is 0 Å². The van der Waals surface area contributed by atoms with E-state index in [1.807, 2.05) is 0 Å². The summed E-state index contributed by atoms with van der Waals surface area (Å²) in [4.78, 5) is 27.6. The number of likely N-dealkylation sites (N-methyl/N-ethyl adjacent to an activating group) is 1. The van der Waals surface area contributed by atoms with Gasteiger partial charge in [-0.1, -0.05) is 0 Å². The lowest BCUT2D eigenvalue weighted by atomic mass is 9.91. The molecule has 0 aromatic carbocycles. The van der Waals surface area contributed by atoms with Gasteiger partial charge in [-0.15, -0.1) is 0 Å². The first-order valence-corrected chi connectivity index (χ1v) is 7.32. The van der Waals surface area contributed by atoms with Crippen molar-refractivity contribution < 1.29 is 19.1 Å². The van der Waals surface area contributed by atoms with Crippen LogP contribution in [0.2, 0.25) is 0 Å². The van der Waals surface area contributed by atoms with E-state index in [2.05, 4.69) is 0 Å². The molecular weight excluding hydrogens is 272 g/mol. The molecule has 1 N–H and O–H groups in total. The third-order valence-corrected chi connectivity index (χ3v) is 3.84. The molecule has 0 radical (unpaired) electrons. The summed E-state index contributed by atoms with van der Waals surface area (Å²) < 4.78 is 5.05. The largest absolute Gasteiger partial charge is 0.459 e. The molecule has 0 saturated heterocycles. The average Bonchev–Trinajstić information content (AvgIpc) is 2.94. The standard InChI is InChI=1S/C15H22N2O4/c1-16(15(20)13-7-3-10-21-13)11-14(19)17(8-4-9-18)12-5-2-6-12/h3,7,10,12,18H,2,4-6,8-9,11H2,1H3. The second-order valence-electron chi connectivity index (χ2n) is 5.39. The monoisotopic (exact) mass is 294 g/mol. The van der Waals surface area contributed by atoms with Crippen molar-refractivity contribution in [3.05, 3.63) is 24.2 Å². The van der Waals surface area contributed by atoms with E-state index in [0.29, 0.717) is 13.0 Å². The van der Waals surface area contributed by atoms with Crippen LogP contribution in [-0.2, 0) is 4.79 Å². The fourth-order valence-corrected chi connectivity index (χ4v) is 2.40. The van der Waals surface area contributed by atoms with E-state index in [9.17, 15) is 9.59 Å². The van der Waals surface area contributed by atoms with Crippen LogP contribution in [0.15, 0.2) is 22.8 Å². The molecule has 6 heteroatoms. The zero-order valence-electron chi connectivity index (χ0n) is 12.3. The van der Waals surface area contributed by atoms with Crippen LogP contribution >= 0.6 is 0 Å². The Balaban J connectivity index is 1.92. The van der Waals surface area contributed by atoms with Crippen molar-refractivity contribution in [1.82, 2.24) is 9.80 Å². The van der Waals surface area contributed by atoms with Gasteiger partial charge in [0.25, 0.3) is 5.91 Å². The summed E-state index contributed by atoms with van der Waals surface area (Å²) in [5.74, 6) is -0.143. The molecule has 0 aliphatic heterocycles. The summed E-state index contributed by atoms with van der Waals surface area (Å²) in [6.45, 7) is 0.641. The smallest absolute Gasteiger partial charge is 0.289 e. The van der Waals surface area contributed by atoms with Crippen LogP contribution in [-0.4, -0.2) is 59.5 Å². The highest BCUT2D eigenvalue weighted by Crippen LogP contribution is 2.25. The normalized spacial score (nSPS) is 14.6. The number of aliphatic hydroxyl groups is 1. The van der Waals surface area contributed by atoms with Crippen molar-refractivity contribution in [2.45, 2.75) is 31.7 Å². The van der Waals surface area contributed by atoms with Crippen molar-refractivity contribution in [2.24, 2.45) is 0 Å². The molecular formula is C15H22N2O4. The van der Waals surface area contributed by atoms with Gasteiger partial charge in [0.1, 0.15) is 0 Å². The summed E-state index contributed by atoms with van der Waals surface area (Å²) in [5, 5.41) is 8.95. The lowest BCUT2D eigenvalue weighted by Gasteiger charge is -2.38. The van der Waals surface area contributed by atoms with E-state index in [0.717, 1.165) is 19.3 Å². The van der Waals surface area contributed by atoms with Crippen LogP contribution in [0.4, 0.5) is 0 Å². The molecule has 2 amide bonds. The summed E-state index contributed by atoms with van der Waals surface area (Å²) in [7, 11) is 1.59. The van der Waals surface area contributed by atoms with Gasteiger partial charge < -0.3 is 19.3 Å². The number of rotatable bonds is 7. The predicted octanol–water partition coefficient (Wildman–Crippen LogP) is 1.12. The molecule has 0 atom stereocenters. The second kappa shape index (κ2) is 7.26. The van der Waals surface area contributed by atoms with Gasteiger partial charge in [-0.05, 0) is 37.8 Å². The Bertz CT molecular complexity index is 468. The van der Waals surface area contributed by atoms with Gasteiger partial charge in [-0.3, -0.25) is 9.59 Å². The molecule has 1 heterocycles. The molecule has 0 bridgehead atoms. The van der Waals surface area contributed by atoms with Crippen LogP contribution in [0.25, 0.3) is 0 Å². The maximum atomic E-state index is 12.4. The van der Waals surface area contributed by atoms with Crippen molar-refractivity contribution in [2.75, 3.05) is 26.7 Å². The number of nitrogens with zero attached hydrogens (tertiary/aromatic N) is 2. The lowest BCUT2D eigenvalue weighted by molar-refractivity contribution is -0.135. The summed E-state index contributed by atoms with van der Waals surface area (Å²) in [6, 6.07) is 3.49. The van der Waals surface area contributed by atoms with Gasteiger partial charge >= 0.3 is 0 Å². The molecule has 1 aliphatic carbocycles. The van der Waals surface area contributed by atoms with Crippen LogP contribution in [0, 0.1) is 0 Å². The van der Waals surface area contributed by atoms with E-state index >= 15 is 0 Å². The number of hydrogen-bond donors (Lipinski definition) is 1. The van der Waals surface area contributed by atoms with E-state index in [1.165, 1.54) is 11.2 Å². The molecule has 6 nitrogen and oxygen atoms in total. The number of amides is 2. The maximum absolute atomic E-state index is 12.4. The molecule has 1 aromatic heterocycles. The molecule has 1 fully saturated rings. The van der Waals surface area contributed by atoms with E-state index in [1.54, 1.807) is 24.1 Å². The van der Waals surface area contributed by atoms with Crippen LogP contribution in [0.3, 0.4) is 0 Å². The number of carbonyl (C=O) groups excluding carboxylic acids is 2. The Morgan fingerprint density at radius 2 is 2.19 bits per heavy atom. The van der Waals surface area contributed by atoms with Gasteiger partial charge in [0.2, 0.25) is 5.91 Å². The van der Waals surface area contributed by atoms with Gasteiger partial charge in [0.15, 0.2) is 5.76 Å². The first kappa shape index (κ1) is 15.6. The molecule has 116 valence electrons. The summed E-state index contributed by atoms with van der Waals surface area (Å²) in [6.07, 6.45) is 5.15. The van der Waals surface area contributed by atoms with Crippen molar-refractivity contribution in [3.8, 4) is 0 Å². The van der Waals surface area contributed by atoms with Crippen molar-refractivity contribution in [3.63, 3.8) is 0 Å². The Hall–Kier alpha value is -1.82. The van der Waals surface area contributed by atoms with Crippen LogP contribution < -0.4 is 0 Å². The van der Waals surface area contributed by atoms with Gasteiger partial charge in [0, 0.05) is 26.2 Å². The second-order valence-corrected chi connectivity index (χ2v) is 5.39. The summed E-state index contributed by atoms with van der Waals surface area (Å²) in [5.41, 5.74) is 0. The number of carbonyl (C=O) groups is 2. The Kier molecular flexibility index (Phi) is 5.38. The van der Waals surface area contributed by atoms with Crippen molar-refractivity contribution in [1.29, 1.82) is 0 Å². The fraction of sp³-hybridized carbons (Fsp3) is 0.600. The molecule has 1 saturated carbocycles. The van der Waals surface area contributed by atoms with Gasteiger partial charge in [0.05, 0.1) is 12.8 Å². The van der Waals surface area contributed by atoms with E-state index in [4.69, 9.17) is 9.52 Å². The highest BCUT2D eigenvalue weighted by Gasteiger charge is 2.29. The number of hydrogen-bond acceptors (Lipinski definition) is 4. The quantitative estimate of drug-likeness (QED) is 0.817. The van der Waals surface area contributed by atoms with Gasteiger partial charge in [-0.25, -0.2) is 0 Å². The van der Waals surface area contributed by atoms with Crippen molar-refractivity contribution >= 4 is 11.8 Å². The zero-order chi connectivity index (χ0) is 15.2. The maximum Gasteiger partial charge on any atom is 0.289 e. The molecule has 21 heavy (non-hydrogen) atoms. The highest BCUT2D eigenvalue weighted by atomic mass is 16.3. The number of furan rings is 1. The first-order valence-electron chi connectivity index (χ1n) is 7.32. The molecule has 1 aromatic rings. The lowest BCUT2D eigenvalue weighted by Crippen LogP contribution is -2.49. The average molecular weight is 294 g/mol. The Morgan fingerprint density at radius 3 is 2.71 bits per heavy atom. The fourth-order valence-electron chi connectivity index (χ4n) is 2.40. The topological polar surface area (TPSA) is 74.0 Å². The Morgan fingerprint density at radius 1 is 1.43 bits per heavy atom. The SMILES string of the molecule is CN(CC(=O)N(CCCO)C1CCC1)C(=O)c1ccco1.